The Bertz CT molecular complexity index is 1010. The largest absolute Gasteiger partial charge is 0.462 e. The molecule has 0 aromatic rings. The van der Waals surface area contributed by atoms with E-state index in [9.17, 15) is 19.5 Å². The quantitative estimate of drug-likeness (QED) is 0.183. The summed E-state index contributed by atoms with van der Waals surface area (Å²) < 4.78 is 16.2. The number of carbonyl (C=O) groups is 3. The fraction of sp³-hybridized carbons (Fsp3) is 0.786. The van der Waals surface area contributed by atoms with Gasteiger partial charge < -0.3 is 19.3 Å². The van der Waals surface area contributed by atoms with Gasteiger partial charge in [0, 0.05) is 25.7 Å². The molecule has 0 saturated heterocycles. The monoisotopic (exact) mass is 518 g/mol. The summed E-state index contributed by atoms with van der Waals surface area (Å²) in [5.41, 5.74) is 1.98. The lowest BCUT2D eigenvalue weighted by Crippen LogP contribution is -2.60. The lowest BCUT2D eigenvalue weighted by molar-refractivity contribution is -0.161. The summed E-state index contributed by atoms with van der Waals surface area (Å²) in [5, 5.41) is 16.5. The maximum Gasteiger partial charge on any atom is 0.427 e. The van der Waals surface area contributed by atoms with Gasteiger partial charge in [-0.3, -0.25) is 9.59 Å². The van der Waals surface area contributed by atoms with Crippen LogP contribution < -0.4 is 5.43 Å². The molecular formula is C28H42N2O7. The highest BCUT2D eigenvalue weighted by Gasteiger charge is 2.69. The Morgan fingerprint density at radius 2 is 1.78 bits per heavy atom. The lowest BCUT2D eigenvalue weighted by atomic mass is 9.46. The number of nitrogens with zero attached hydrogens (tertiary/aromatic N) is 1. The predicted molar refractivity (Wildman–Crippen MR) is 136 cm³/mol. The van der Waals surface area contributed by atoms with Crippen molar-refractivity contribution in [1.82, 2.24) is 5.43 Å². The first-order valence-corrected chi connectivity index (χ1v) is 13.6. The van der Waals surface area contributed by atoms with Crippen molar-refractivity contribution in [2.24, 2.45) is 33.7 Å². The summed E-state index contributed by atoms with van der Waals surface area (Å²) in [6.45, 7) is 10.8. The van der Waals surface area contributed by atoms with Gasteiger partial charge in [0.05, 0.1) is 12.3 Å². The Morgan fingerprint density at radius 3 is 2.43 bits per heavy atom. The molecule has 0 heterocycles. The number of fused-ring (bicyclic) bond motifs is 5. The molecule has 9 heteroatoms. The molecule has 0 bridgehead atoms. The number of rotatable bonds is 5. The number of allylic oxidation sites excluding steroid dienone is 1. The van der Waals surface area contributed by atoms with Crippen LogP contribution in [0.15, 0.2) is 16.8 Å². The molecule has 0 aromatic heterocycles. The highest BCUT2D eigenvalue weighted by molar-refractivity contribution is 5.93. The van der Waals surface area contributed by atoms with E-state index in [1.807, 2.05) is 0 Å². The van der Waals surface area contributed by atoms with Gasteiger partial charge in [0.25, 0.3) is 0 Å². The average Bonchev–Trinajstić information content (AvgIpc) is 3.05. The summed E-state index contributed by atoms with van der Waals surface area (Å²) in [4.78, 5) is 35.5. The van der Waals surface area contributed by atoms with Crippen LogP contribution in [0.1, 0.15) is 86.5 Å². The lowest BCUT2D eigenvalue weighted by Gasteiger charge is -2.58. The second-order valence-electron chi connectivity index (χ2n) is 11.8. The van der Waals surface area contributed by atoms with Gasteiger partial charge in [0.1, 0.15) is 17.8 Å². The van der Waals surface area contributed by atoms with Gasteiger partial charge in [-0.1, -0.05) is 25.5 Å². The summed E-state index contributed by atoms with van der Waals surface area (Å²) in [5.74, 6) is 0.173. The summed E-state index contributed by atoms with van der Waals surface area (Å²) >= 11 is 0. The van der Waals surface area contributed by atoms with Crippen molar-refractivity contribution >= 4 is 23.7 Å². The van der Waals surface area contributed by atoms with E-state index in [0.717, 1.165) is 38.5 Å². The molecule has 4 aliphatic carbocycles. The van der Waals surface area contributed by atoms with Crippen LogP contribution >= 0.6 is 0 Å². The van der Waals surface area contributed by atoms with Gasteiger partial charge in [-0.2, -0.15) is 5.10 Å². The minimum absolute atomic E-state index is 0.0210. The highest BCUT2D eigenvalue weighted by atomic mass is 16.6. The Labute approximate surface area is 219 Å². The maximum absolute atomic E-state index is 12.3. The molecule has 0 unspecified atom stereocenters. The SMILES string of the molecule is CCOC(=O)N/N=C(\C)[C@@]1(O)[C@H](OC(C)=O)C[C@@H]2[C@@H]3CC=C4C[C@H](OC(C)=O)CC[C@]4(C)[C@@H]3CC[C@@]21C. The first-order valence-electron chi connectivity index (χ1n) is 13.6. The first kappa shape index (κ1) is 27.6. The molecular weight excluding hydrogens is 476 g/mol. The van der Waals surface area contributed by atoms with Crippen LogP contribution in [0.25, 0.3) is 0 Å². The molecule has 3 saturated carbocycles. The molecule has 0 radical (unpaired) electrons. The Morgan fingerprint density at radius 1 is 1.08 bits per heavy atom. The van der Waals surface area contributed by atoms with Gasteiger partial charge in [-0.25, -0.2) is 10.2 Å². The number of esters is 2. The number of carbonyl (C=O) groups excluding carboxylic acids is 3. The topological polar surface area (TPSA) is 124 Å². The number of hydrogen-bond donors (Lipinski definition) is 2. The third-order valence-corrected chi connectivity index (χ3v) is 10.0. The van der Waals surface area contributed by atoms with Crippen LogP contribution in [0.5, 0.6) is 0 Å². The number of hydrazone groups is 1. The molecule has 4 rings (SSSR count). The van der Waals surface area contributed by atoms with Crippen molar-refractivity contribution in [3.05, 3.63) is 11.6 Å². The molecule has 4 aliphatic rings. The van der Waals surface area contributed by atoms with Crippen molar-refractivity contribution in [1.29, 1.82) is 0 Å². The average molecular weight is 519 g/mol. The minimum atomic E-state index is -1.52. The van der Waals surface area contributed by atoms with Crippen LogP contribution in [0, 0.1) is 28.6 Å². The van der Waals surface area contributed by atoms with Crippen molar-refractivity contribution in [2.45, 2.75) is 104 Å². The molecule has 8 atom stereocenters. The fourth-order valence-corrected chi connectivity index (χ4v) is 8.32. The van der Waals surface area contributed by atoms with Crippen LogP contribution in [0.4, 0.5) is 4.79 Å². The number of nitrogens with one attached hydrogen (secondary N) is 1. The molecule has 9 nitrogen and oxygen atoms in total. The van der Waals surface area contributed by atoms with Crippen molar-refractivity contribution in [3.63, 3.8) is 0 Å². The van der Waals surface area contributed by atoms with E-state index in [0.29, 0.717) is 24.0 Å². The zero-order valence-electron chi connectivity index (χ0n) is 23.0. The van der Waals surface area contributed by atoms with E-state index in [1.165, 1.54) is 19.4 Å². The molecule has 2 N–H and O–H groups in total. The van der Waals surface area contributed by atoms with Gasteiger partial charge >= 0.3 is 18.0 Å². The summed E-state index contributed by atoms with van der Waals surface area (Å²) in [7, 11) is 0. The summed E-state index contributed by atoms with van der Waals surface area (Å²) in [6, 6.07) is 0. The fourth-order valence-electron chi connectivity index (χ4n) is 8.32. The highest BCUT2D eigenvalue weighted by Crippen LogP contribution is 2.67. The smallest absolute Gasteiger partial charge is 0.427 e. The molecule has 1 amide bonds. The van der Waals surface area contributed by atoms with Crippen LogP contribution in [-0.4, -0.2) is 53.3 Å². The first-order chi connectivity index (χ1) is 17.4. The van der Waals surface area contributed by atoms with Gasteiger partial charge in [0.15, 0.2) is 0 Å². The van der Waals surface area contributed by atoms with E-state index in [4.69, 9.17) is 14.2 Å². The maximum atomic E-state index is 12.3. The molecule has 206 valence electrons. The van der Waals surface area contributed by atoms with E-state index < -0.39 is 29.2 Å². The Balaban J connectivity index is 1.65. The van der Waals surface area contributed by atoms with Crippen LogP contribution in [-0.2, 0) is 23.8 Å². The normalized spacial score (nSPS) is 40.9. The second-order valence-corrected chi connectivity index (χ2v) is 11.8. The van der Waals surface area contributed by atoms with Crippen LogP contribution in [0.2, 0.25) is 0 Å². The summed E-state index contributed by atoms with van der Waals surface area (Å²) in [6.07, 6.45) is 6.51. The molecule has 0 spiro atoms. The number of hydrogen-bond acceptors (Lipinski definition) is 8. The minimum Gasteiger partial charge on any atom is -0.462 e. The standard InChI is InChI=1S/C28H42N2O7/c1-7-35-25(33)30-29-16(2)28(34)24(37-18(4)32)15-23-21-9-8-19-14-20(36-17(3)31)10-12-26(19,5)22(21)11-13-27(23,28)6/h8,20-24,34H,7,9-15H2,1-6H3,(H,30,33)/b29-16+/t20-,21-,22-,23-,24-,26+,27+,28-/m1/s1. The Hall–Kier alpha value is -2.42. The van der Waals surface area contributed by atoms with Crippen LogP contribution in [0.3, 0.4) is 0 Å². The number of aliphatic hydroxyl groups is 1. The van der Waals surface area contributed by atoms with Crippen molar-refractivity contribution in [2.75, 3.05) is 6.61 Å². The van der Waals surface area contributed by atoms with Crippen molar-refractivity contribution in [3.8, 4) is 0 Å². The zero-order valence-corrected chi connectivity index (χ0v) is 23.0. The predicted octanol–water partition coefficient (Wildman–Crippen LogP) is 4.28. The van der Waals surface area contributed by atoms with E-state index >= 15 is 0 Å². The van der Waals surface area contributed by atoms with Crippen molar-refractivity contribution < 1.29 is 33.7 Å². The van der Waals surface area contributed by atoms with Gasteiger partial charge in [-0.05, 0) is 75.5 Å². The molecule has 0 aliphatic heterocycles. The van der Waals surface area contributed by atoms with E-state index in [2.05, 4.69) is 30.5 Å². The number of ether oxygens (including phenoxy) is 3. The van der Waals surface area contributed by atoms with Gasteiger partial charge in [0.2, 0.25) is 0 Å². The third kappa shape index (κ3) is 4.57. The Kier molecular flexibility index (Phi) is 7.49. The second kappa shape index (κ2) is 10.0. The zero-order chi connectivity index (χ0) is 27.2. The molecule has 37 heavy (non-hydrogen) atoms. The van der Waals surface area contributed by atoms with E-state index in [-0.39, 0.29) is 30.0 Å². The third-order valence-electron chi connectivity index (χ3n) is 10.0. The molecule has 0 aromatic carbocycles. The number of amides is 1. The van der Waals surface area contributed by atoms with Gasteiger partial charge in [-0.15, -0.1) is 0 Å². The van der Waals surface area contributed by atoms with E-state index in [1.54, 1.807) is 13.8 Å². The molecule has 3 fully saturated rings.